The molecule has 0 atom stereocenters. The normalized spacial score (nSPS) is 10.4. The second-order valence-electron chi connectivity index (χ2n) is 4.15. The molecule has 0 aliphatic heterocycles. The van der Waals surface area contributed by atoms with Gasteiger partial charge in [0, 0.05) is 16.9 Å². The first kappa shape index (κ1) is 10.8. The fourth-order valence-electron chi connectivity index (χ4n) is 1.97. The van der Waals surface area contributed by atoms with Crippen LogP contribution in [0, 0.1) is 0 Å². The van der Waals surface area contributed by atoms with E-state index in [-0.39, 0.29) is 0 Å². The molecule has 1 aromatic heterocycles. The number of rotatable bonds is 3. The summed E-state index contributed by atoms with van der Waals surface area (Å²) < 4.78 is 1.82. The molecule has 0 aliphatic carbocycles. The SMILES string of the molecule is c1ccc(CO[n+]2cccc3ccccc32)cc1. The van der Waals surface area contributed by atoms with E-state index in [1.807, 2.05) is 47.3 Å². The number of para-hydroxylation sites is 1. The number of nitrogens with zero attached hydrogens (tertiary/aromatic N) is 1. The van der Waals surface area contributed by atoms with Crippen LogP contribution in [0.2, 0.25) is 0 Å². The molecule has 3 aromatic rings. The second-order valence-corrected chi connectivity index (χ2v) is 4.15. The molecule has 18 heavy (non-hydrogen) atoms. The molecule has 88 valence electrons. The first-order valence-corrected chi connectivity index (χ1v) is 6.00. The highest BCUT2D eigenvalue weighted by Gasteiger charge is 2.08. The minimum atomic E-state index is 0.569. The summed E-state index contributed by atoms with van der Waals surface area (Å²) in [6.07, 6.45) is 1.94. The zero-order valence-corrected chi connectivity index (χ0v) is 9.99. The van der Waals surface area contributed by atoms with Crippen molar-refractivity contribution in [2.45, 2.75) is 6.61 Å². The zero-order valence-electron chi connectivity index (χ0n) is 9.99. The van der Waals surface area contributed by atoms with Crippen LogP contribution in [0.4, 0.5) is 0 Å². The van der Waals surface area contributed by atoms with E-state index < -0.39 is 0 Å². The Balaban J connectivity index is 1.87. The maximum atomic E-state index is 5.82. The van der Waals surface area contributed by atoms with Gasteiger partial charge in [0.1, 0.15) is 0 Å². The molecule has 0 unspecified atom stereocenters. The lowest BCUT2D eigenvalue weighted by atomic mass is 10.2. The van der Waals surface area contributed by atoms with Crippen molar-refractivity contribution in [3.05, 3.63) is 78.5 Å². The molecule has 0 spiro atoms. The molecule has 2 nitrogen and oxygen atoms in total. The molecule has 0 bridgehead atoms. The Kier molecular flexibility index (Phi) is 2.92. The van der Waals surface area contributed by atoms with Gasteiger partial charge in [-0.3, -0.25) is 4.84 Å². The Morgan fingerprint density at radius 1 is 0.778 bits per heavy atom. The Morgan fingerprint density at radius 3 is 2.39 bits per heavy atom. The van der Waals surface area contributed by atoms with Crippen molar-refractivity contribution in [3.63, 3.8) is 0 Å². The predicted octanol–water partition coefficient (Wildman–Crippen LogP) is 2.76. The molecule has 3 rings (SSSR count). The van der Waals surface area contributed by atoms with Gasteiger partial charge in [-0.1, -0.05) is 42.5 Å². The van der Waals surface area contributed by atoms with Gasteiger partial charge in [-0.25, -0.2) is 0 Å². The van der Waals surface area contributed by atoms with Gasteiger partial charge in [-0.15, -0.1) is 0 Å². The third-order valence-corrected chi connectivity index (χ3v) is 2.88. The topological polar surface area (TPSA) is 13.1 Å². The molecule has 2 aromatic carbocycles. The van der Waals surface area contributed by atoms with Crippen LogP contribution in [0.5, 0.6) is 0 Å². The third kappa shape index (κ3) is 2.18. The monoisotopic (exact) mass is 236 g/mol. The van der Waals surface area contributed by atoms with Crippen LogP contribution in [-0.2, 0) is 6.61 Å². The molecule has 0 saturated carbocycles. The van der Waals surface area contributed by atoms with Crippen LogP contribution in [0.25, 0.3) is 10.9 Å². The Bertz CT molecular complexity index is 644. The van der Waals surface area contributed by atoms with Crippen LogP contribution < -0.4 is 9.57 Å². The fraction of sp³-hybridized carbons (Fsp3) is 0.0625. The summed E-state index contributed by atoms with van der Waals surface area (Å²) in [6.45, 7) is 0.569. The van der Waals surface area contributed by atoms with Gasteiger partial charge >= 0.3 is 0 Å². The molecule has 0 radical (unpaired) electrons. The van der Waals surface area contributed by atoms with Crippen LogP contribution in [0.1, 0.15) is 5.56 Å². The number of hydrogen-bond acceptors (Lipinski definition) is 1. The van der Waals surface area contributed by atoms with Gasteiger partial charge in [0.15, 0.2) is 6.61 Å². The number of aromatic nitrogens is 1. The summed E-state index contributed by atoms with van der Waals surface area (Å²) in [6, 6.07) is 22.4. The predicted molar refractivity (Wildman–Crippen MR) is 70.9 cm³/mol. The van der Waals surface area contributed by atoms with Crippen LogP contribution in [0.3, 0.4) is 0 Å². The molecule has 2 heteroatoms. The van der Waals surface area contributed by atoms with E-state index in [0.717, 1.165) is 11.1 Å². The van der Waals surface area contributed by atoms with Gasteiger partial charge in [0.2, 0.25) is 6.20 Å². The smallest absolute Gasteiger partial charge is 0.264 e. The van der Waals surface area contributed by atoms with Gasteiger partial charge in [0.25, 0.3) is 5.52 Å². The fourth-order valence-corrected chi connectivity index (χ4v) is 1.97. The summed E-state index contributed by atoms with van der Waals surface area (Å²) in [5.74, 6) is 0. The van der Waals surface area contributed by atoms with Crippen LogP contribution in [0.15, 0.2) is 72.9 Å². The largest absolute Gasteiger partial charge is 0.266 e. The maximum Gasteiger partial charge on any atom is 0.264 e. The Hall–Kier alpha value is -2.35. The highest BCUT2D eigenvalue weighted by atomic mass is 16.7. The lowest BCUT2D eigenvalue weighted by molar-refractivity contribution is -0.875. The average Bonchev–Trinajstić information content (AvgIpc) is 2.46. The van der Waals surface area contributed by atoms with E-state index in [2.05, 4.69) is 30.3 Å². The van der Waals surface area contributed by atoms with E-state index in [1.165, 1.54) is 5.39 Å². The summed E-state index contributed by atoms with van der Waals surface area (Å²) in [5, 5.41) is 1.17. The Morgan fingerprint density at radius 2 is 1.50 bits per heavy atom. The summed E-state index contributed by atoms with van der Waals surface area (Å²) >= 11 is 0. The molecule has 0 fully saturated rings. The first-order valence-electron chi connectivity index (χ1n) is 6.00. The minimum absolute atomic E-state index is 0.569. The summed E-state index contributed by atoms with van der Waals surface area (Å²) in [5.41, 5.74) is 2.24. The van der Waals surface area contributed by atoms with Gasteiger partial charge in [-0.2, -0.15) is 0 Å². The maximum absolute atomic E-state index is 5.82. The van der Waals surface area contributed by atoms with Crippen molar-refractivity contribution in [1.82, 2.24) is 0 Å². The number of pyridine rings is 1. The molecule has 1 heterocycles. The number of fused-ring (bicyclic) bond motifs is 1. The molecular weight excluding hydrogens is 222 g/mol. The van der Waals surface area contributed by atoms with Crippen LogP contribution in [-0.4, -0.2) is 0 Å². The van der Waals surface area contributed by atoms with Gasteiger partial charge < -0.3 is 0 Å². The van der Waals surface area contributed by atoms with Crippen molar-refractivity contribution in [1.29, 1.82) is 0 Å². The highest BCUT2D eigenvalue weighted by molar-refractivity contribution is 5.74. The second kappa shape index (κ2) is 4.88. The van der Waals surface area contributed by atoms with Gasteiger partial charge in [-0.05, 0) is 17.7 Å². The van der Waals surface area contributed by atoms with Crippen molar-refractivity contribution in [2.24, 2.45) is 0 Å². The number of benzene rings is 2. The van der Waals surface area contributed by atoms with E-state index in [1.54, 1.807) is 0 Å². The van der Waals surface area contributed by atoms with E-state index >= 15 is 0 Å². The van der Waals surface area contributed by atoms with E-state index in [4.69, 9.17) is 4.84 Å². The highest BCUT2D eigenvalue weighted by Crippen LogP contribution is 2.07. The first-order chi connectivity index (χ1) is 8.93. The lowest BCUT2D eigenvalue weighted by Crippen LogP contribution is -2.42. The zero-order chi connectivity index (χ0) is 12.2. The van der Waals surface area contributed by atoms with Crippen molar-refractivity contribution in [3.8, 4) is 0 Å². The third-order valence-electron chi connectivity index (χ3n) is 2.88. The minimum Gasteiger partial charge on any atom is -0.266 e. The quantitative estimate of drug-likeness (QED) is 0.637. The molecule has 0 aliphatic rings. The average molecular weight is 236 g/mol. The lowest BCUT2D eigenvalue weighted by Gasteiger charge is -2.01. The summed E-state index contributed by atoms with van der Waals surface area (Å²) in [4.78, 5) is 5.82. The Labute approximate surface area is 106 Å². The van der Waals surface area contributed by atoms with Gasteiger partial charge in [0.05, 0.1) is 5.39 Å². The van der Waals surface area contributed by atoms with Crippen molar-refractivity contribution >= 4 is 10.9 Å². The van der Waals surface area contributed by atoms with Crippen LogP contribution >= 0.6 is 0 Å². The standard InChI is InChI=1S/C16H14NO/c1-2-7-14(8-3-1)13-18-17-12-6-10-15-9-4-5-11-16(15)17/h1-12H,13H2/q+1. The van der Waals surface area contributed by atoms with Crippen molar-refractivity contribution in [2.75, 3.05) is 0 Å². The molecule has 0 amide bonds. The van der Waals surface area contributed by atoms with E-state index in [0.29, 0.717) is 6.61 Å². The summed E-state index contributed by atoms with van der Waals surface area (Å²) in [7, 11) is 0. The molecule has 0 N–H and O–H groups in total. The van der Waals surface area contributed by atoms with Crippen molar-refractivity contribution < 1.29 is 9.57 Å². The number of hydrogen-bond donors (Lipinski definition) is 0. The van der Waals surface area contributed by atoms with E-state index in [9.17, 15) is 0 Å². The molecular formula is C16H14NO+. The molecule has 0 saturated heterocycles.